The summed E-state index contributed by atoms with van der Waals surface area (Å²) in [6.45, 7) is 11.1. The lowest BCUT2D eigenvalue weighted by Crippen LogP contribution is -2.51. The Morgan fingerprint density at radius 3 is 2.29 bits per heavy atom. The van der Waals surface area contributed by atoms with Gasteiger partial charge >= 0.3 is 26.3 Å². The maximum atomic E-state index is 13.0. The summed E-state index contributed by atoms with van der Waals surface area (Å²) in [6, 6.07) is -1.83. The van der Waals surface area contributed by atoms with Gasteiger partial charge in [-0.05, 0) is 59.9 Å². The summed E-state index contributed by atoms with van der Waals surface area (Å²) in [6.07, 6.45) is 3.61. The molecule has 0 aromatic heterocycles. The van der Waals surface area contributed by atoms with E-state index < -0.39 is 62.0 Å². The number of ether oxygens (including phenoxy) is 2. The fourth-order valence-electron chi connectivity index (χ4n) is 3.61. The second-order valence-corrected chi connectivity index (χ2v) is 11.4. The number of nitrogens with one attached hydrogen (secondary N) is 3. The van der Waals surface area contributed by atoms with Gasteiger partial charge in [0.15, 0.2) is 6.10 Å². The largest absolute Gasteiger partial charge is 0.444 e. The topological polar surface area (TPSA) is 158 Å². The first-order valence-electron chi connectivity index (χ1n) is 13.5. The molecule has 0 aromatic rings. The number of unbranched alkanes of at least 4 members (excludes halogenated alkanes) is 2. The molecule has 38 heavy (non-hydrogen) atoms. The molecule has 2 amide bonds. The van der Waals surface area contributed by atoms with Crippen LogP contribution in [-0.2, 0) is 37.5 Å². The van der Waals surface area contributed by atoms with Gasteiger partial charge in [-0.1, -0.05) is 39.5 Å². The molecule has 5 atom stereocenters. The minimum absolute atomic E-state index is 0.122. The summed E-state index contributed by atoms with van der Waals surface area (Å²) in [4.78, 5) is 49.4. The van der Waals surface area contributed by atoms with E-state index in [0.717, 1.165) is 32.1 Å². The van der Waals surface area contributed by atoms with E-state index in [9.17, 15) is 23.7 Å². The molecule has 0 aliphatic carbocycles. The van der Waals surface area contributed by atoms with Crippen LogP contribution in [0.25, 0.3) is 0 Å². The highest BCUT2D eigenvalue weighted by atomic mass is 31.1. The third kappa shape index (κ3) is 14.2. The molecule has 12 nitrogen and oxygen atoms in total. The van der Waals surface area contributed by atoms with Crippen molar-refractivity contribution in [1.82, 2.24) is 16.0 Å². The number of carbonyl (C=O) groups excluding carboxylic acids is 4. The normalized spacial score (nSPS) is 18.6. The molecule has 1 fully saturated rings. The number of carbonyl (C=O) groups is 4. The van der Waals surface area contributed by atoms with Crippen LogP contribution in [0.1, 0.15) is 92.9 Å². The van der Waals surface area contributed by atoms with Crippen LogP contribution in [0.2, 0.25) is 0 Å². The Labute approximate surface area is 226 Å². The first-order valence-corrected chi connectivity index (χ1v) is 14.7. The minimum atomic E-state index is -3.13. The summed E-state index contributed by atoms with van der Waals surface area (Å²) in [7, 11) is -3.13. The third-order valence-electron chi connectivity index (χ3n) is 5.66. The van der Waals surface area contributed by atoms with Gasteiger partial charge in [-0.3, -0.25) is 13.9 Å². The van der Waals surface area contributed by atoms with Crippen molar-refractivity contribution in [2.24, 2.45) is 0 Å². The molecule has 1 heterocycles. The van der Waals surface area contributed by atoms with Crippen molar-refractivity contribution in [3.8, 4) is 0 Å². The second-order valence-electron chi connectivity index (χ2n) is 10.4. The second kappa shape index (κ2) is 17.6. The van der Waals surface area contributed by atoms with E-state index in [4.69, 9.17) is 18.5 Å². The van der Waals surface area contributed by atoms with Gasteiger partial charge in [-0.25, -0.2) is 14.4 Å². The van der Waals surface area contributed by atoms with Crippen LogP contribution in [0.15, 0.2) is 0 Å². The SMILES string of the molecule is CCCCC(CO[PH](=O)OC(C)C(=O)OC(=O)[C@@H]1CCCN1)NC(=O)C(CCCC)NC(=O)OC(C)(C)C. The van der Waals surface area contributed by atoms with E-state index in [-0.39, 0.29) is 6.61 Å². The lowest BCUT2D eigenvalue weighted by molar-refractivity contribution is -0.165. The van der Waals surface area contributed by atoms with Crippen molar-refractivity contribution < 1.29 is 42.3 Å². The molecule has 0 spiro atoms. The molecule has 0 bridgehead atoms. The van der Waals surface area contributed by atoms with Crippen molar-refractivity contribution in [3.63, 3.8) is 0 Å². The van der Waals surface area contributed by atoms with Crippen molar-refractivity contribution in [2.75, 3.05) is 13.2 Å². The molecule has 220 valence electrons. The van der Waals surface area contributed by atoms with Crippen LogP contribution < -0.4 is 16.0 Å². The monoisotopic (exact) mass is 563 g/mol. The zero-order valence-electron chi connectivity index (χ0n) is 23.6. The number of rotatable bonds is 16. The molecule has 13 heteroatoms. The van der Waals surface area contributed by atoms with Gasteiger partial charge < -0.3 is 29.9 Å². The maximum Gasteiger partial charge on any atom is 0.408 e. The number of esters is 2. The van der Waals surface area contributed by atoms with Crippen LogP contribution in [0.3, 0.4) is 0 Å². The van der Waals surface area contributed by atoms with Crippen molar-refractivity contribution in [1.29, 1.82) is 0 Å². The molecule has 1 aliphatic rings. The van der Waals surface area contributed by atoms with Crippen LogP contribution in [0.4, 0.5) is 4.79 Å². The highest BCUT2D eigenvalue weighted by Gasteiger charge is 2.29. The van der Waals surface area contributed by atoms with Crippen molar-refractivity contribution in [2.45, 2.75) is 123 Å². The van der Waals surface area contributed by atoms with Crippen LogP contribution >= 0.6 is 8.25 Å². The highest BCUT2D eigenvalue weighted by molar-refractivity contribution is 7.33. The van der Waals surface area contributed by atoms with Gasteiger partial charge in [0.25, 0.3) is 0 Å². The average Bonchev–Trinajstić information content (AvgIpc) is 3.37. The van der Waals surface area contributed by atoms with Gasteiger partial charge in [-0.15, -0.1) is 0 Å². The molecule has 4 unspecified atom stereocenters. The Bertz CT molecular complexity index is 797. The Hall–Kier alpha value is -2.01. The quantitative estimate of drug-likeness (QED) is 0.144. The van der Waals surface area contributed by atoms with E-state index in [1.165, 1.54) is 6.92 Å². The van der Waals surface area contributed by atoms with Crippen LogP contribution in [-0.4, -0.2) is 66.9 Å². The molecular formula is C25H46N3O9P. The van der Waals surface area contributed by atoms with Gasteiger partial charge in [0.05, 0.1) is 12.6 Å². The van der Waals surface area contributed by atoms with Crippen LogP contribution in [0.5, 0.6) is 0 Å². The highest BCUT2D eigenvalue weighted by Crippen LogP contribution is 2.27. The Morgan fingerprint density at radius 1 is 1.05 bits per heavy atom. The lowest BCUT2D eigenvalue weighted by Gasteiger charge is -2.25. The van der Waals surface area contributed by atoms with Crippen molar-refractivity contribution in [3.05, 3.63) is 0 Å². The number of hydrogen-bond donors (Lipinski definition) is 3. The van der Waals surface area contributed by atoms with Crippen LogP contribution in [0, 0.1) is 0 Å². The minimum Gasteiger partial charge on any atom is -0.444 e. The molecular weight excluding hydrogens is 517 g/mol. The lowest BCUT2D eigenvalue weighted by atomic mass is 10.1. The third-order valence-corrected chi connectivity index (χ3v) is 6.61. The van der Waals surface area contributed by atoms with Gasteiger partial charge in [0.2, 0.25) is 5.91 Å². The molecule has 0 aromatic carbocycles. The fraction of sp³-hybridized carbons (Fsp3) is 0.840. The molecule has 3 N–H and O–H groups in total. The summed E-state index contributed by atoms with van der Waals surface area (Å²) < 4.78 is 32.9. The van der Waals surface area contributed by atoms with E-state index in [2.05, 4.69) is 16.0 Å². The van der Waals surface area contributed by atoms with Crippen molar-refractivity contribution >= 4 is 32.2 Å². The predicted octanol–water partition coefficient (Wildman–Crippen LogP) is 3.38. The smallest absolute Gasteiger partial charge is 0.408 e. The molecule has 1 rings (SSSR count). The van der Waals surface area contributed by atoms with E-state index in [0.29, 0.717) is 25.8 Å². The Balaban J connectivity index is 2.64. The predicted molar refractivity (Wildman–Crippen MR) is 142 cm³/mol. The Morgan fingerprint density at radius 2 is 1.71 bits per heavy atom. The summed E-state index contributed by atoms with van der Waals surface area (Å²) >= 11 is 0. The van der Waals surface area contributed by atoms with Gasteiger partial charge in [-0.2, -0.15) is 0 Å². The number of amides is 2. The average molecular weight is 564 g/mol. The maximum absolute atomic E-state index is 13.0. The zero-order valence-corrected chi connectivity index (χ0v) is 24.6. The fourth-order valence-corrected chi connectivity index (χ4v) is 4.40. The summed E-state index contributed by atoms with van der Waals surface area (Å²) in [5.74, 6) is -2.04. The van der Waals surface area contributed by atoms with E-state index in [1.807, 2.05) is 13.8 Å². The summed E-state index contributed by atoms with van der Waals surface area (Å²) in [5, 5.41) is 8.43. The van der Waals surface area contributed by atoms with Gasteiger partial charge in [0.1, 0.15) is 17.7 Å². The number of alkyl carbamates (subject to hydrolysis) is 1. The number of hydrogen-bond acceptors (Lipinski definition) is 10. The molecule has 1 saturated heterocycles. The first-order chi connectivity index (χ1) is 17.9. The zero-order chi connectivity index (χ0) is 28.7. The standard InChI is InChI=1S/C25H46N3O9P/c1-7-9-12-18(27-21(29)19(13-10-8-2)28-24(32)36-25(4,5)6)16-34-38(33)37-17(3)22(30)35-23(31)20-14-11-15-26-20/h17-20,26,38H,7-16H2,1-6H3,(H,27,29)(H,28,32)/t17?,18?,19?,20-/m0/s1. The summed E-state index contributed by atoms with van der Waals surface area (Å²) in [5.41, 5.74) is -0.704. The van der Waals surface area contributed by atoms with E-state index in [1.54, 1.807) is 20.8 Å². The molecule has 1 aliphatic heterocycles. The first kappa shape index (κ1) is 34.0. The van der Waals surface area contributed by atoms with Gasteiger partial charge in [0, 0.05) is 0 Å². The van der Waals surface area contributed by atoms with E-state index >= 15 is 0 Å². The Kier molecular flexibility index (Phi) is 15.7. The molecule has 0 radical (unpaired) electrons. The molecule has 0 saturated carbocycles.